The molecule has 1 aromatic heterocycles. The Kier molecular flexibility index (Phi) is 3.96. The molecule has 18 heavy (non-hydrogen) atoms. The van der Waals surface area contributed by atoms with Gasteiger partial charge in [0.1, 0.15) is 10.8 Å². The van der Waals surface area contributed by atoms with E-state index in [0.717, 1.165) is 27.6 Å². The van der Waals surface area contributed by atoms with Gasteiger partial charge in [-0.1, -0.05) is 0 Å². The predicted octanol–water partition coefficient (Wildman–Crippen LogP) is 2.12. The molecule has 1 heterocycles. The minimum atomic E-state index is -0.400. The minimum Gasteiger partial charge on any atom is -0.496 e. The third-order valence-electron chi connectivity index (χ3n) is 2.73. The summed E-state index contributed by atoms with van der Waals surface area (Å²) in [5.41, 5.74) is 8.71. The highest BCUT2D eigenvalue weighted by molar-refractivity contribution is 7.10. The van der Waals surface area contributed by atoms with Crippen molar-refractivity contribution in [1.82, 2.24) is 4.98 Å². The minimum absolute atomic E-state index is 0.0887. The van der Waals surface area contributed by atoms with Crippen molar-refractivity contribution in [3.05, 3.63) is 34.2 Å². The molecule has 2 rings (SSSR count). The highest BCUT2D eigenvalue weighted by atomic mass is 32.1. The van der Waals surface area contributed by atoms with Crippen LogP contribution in [-0.2, 0) is 0 Å². The third kappa shape index (κ3) is 2.53. The Labute approximate surface area is 110 Å². The highest BCUT2D eigenvalue weighted by Crippen LogP contribution is 2.28. The normalized spacial score (nSPS) is 12.4. The standard InChI is InChI=1S/C13H16N2O2S/c1-8-5-9(3-4-12(8)17-2)11-7-18-13(15-11)10(14)6-16/h3-5,7,10,16H,6,14H2,1-2H3. The number of nitrogens with two attached hydrogens (primary N) is 1. The largest absolute Gasteiger partial charge is 0.496 e. The summed E-state index contributed by atoms with van der Waals surface area (Å²) in [7, 11) is 1.66. The second-order valence-electron chi connectivity index (χ2n) is 4.04. The first-order valence-electron chi connectivity index (χ1n) is 5.62. The smallest absolute Gasteiger partial charge is 0.121 e. The Bertz CT molecular complexity index is 540. The molecular weight excluding hydrogens is 248 g/mol. The molecule has 0 radical (unpaired) electrons. The van der Waals surface area contributed by atoms with Crippen LogP contribution in [0.1, 0.15) is 16.6 Å². The van der Waals surface area contributed by atoms with Gasteiger partial charge in [-0.15, -0.1) is 11.3 Å². The molecule has 0 amide bonds. The van der Waals surface area contributed by atoms with E-state index in [9.17, 15) is 0 Å². The van der Waals surface area contributed by atoms with Crippen molar-refractivity contribution < 1.29 is 9.84 Å². The molecule has 0 bridgehead atoms. The summed E-state index contributed by atoms with van der Waals surface area (Å²) in [6, 6.07) is 5.52. The molecule has 5 heteroatoms. The van der Waals surface area contributed by atoms with Crippen molar-refractivity contribution >= 4 is 11.3 Å². The Morgan fingerprint density at radius 3 is 2.89 bits per heavy atom. The zero-order valence-electron chi connectivity index (χ0n) is 10.4. The maximum Gasteiger partial charge on any atom is 0.121 e. The fourth-order valence-corrected chi connectivity index (χ4v) is 2.53. The number of methoxy groups -OCH3 is 1. The molecule has 0 aliphatic carbocycles. The molecular formula is C13H16N2O2S. The van der Waals surface area contributed by atoms with E-state index < -0.39 is 6.04 Å². The van der Waals surface area contributed by atoms with Gasteiger partial charge in [0.05, 0.1) is 25.5 Å². The first kappa shape index (κ1) is 13.0. The average molecular weight is 264 g/mol. The van der Waals surface area contributed by atoms with E-state index in [-0.39, 0.29) is 6.61 Å². The van der Waals surface area contributed by atoms with Crippen molar-refractivity contribution in [2.75, 3.05) is 13.7 Å². The van der Waals surface area contributed by atoms with Gasteiger partial charge >= 0.3 is 0 Å². The predicted molar refractivity (Wildman–Crippen MR) is 72.9 cm³/mol. The van der Waals surface area contributed by atoms with Crippen LogP contribution >= 0.6 is 11.3 Å². The number of hydrogen-bond acceptors (Lipinski definition) is 5. The van der Waals surface area contributed by atoms with Crippen LogP contribution in [0.25, 0.3) is 11.3 Å². The number of aliphatic hydroxyl groups is 1. The van der Waals surface area contributed by atoms with E-state index in [1.165, 1.54) is 11.3 Å². The molecule has 3 N–H and O–H groups in total. The van der Waals surface area contributed by atoms with Crippen LogP contribution in [-0.4, -0.2) is 23.8 Å². The summed E-state index contributed by atoms with van der Waals surface area (Å²) in [5, 5.41) is 11.7. The monoisotopic (exact) mass is 264 g/mol. The van der Waals surface area contributed by atoms with Crippen molar-refractivity contribution in [3.63, 3.8) is 0 Å². The number of rotatable bonds is 4. The molecule has 96 valence electrons. The lowest BCUT2D eigenvalue weighted by Gasteiger charge is -2.06. The third-order valence-corrected chi connectivity index (χ3v) is 3.70. The van der Waals surface area contributed by atoms with E-state index >= 15 is 0 Å². The van der Waals surface area contributed by atoms with Crippen molar-refractivity contribution in [3.8, 4) is 17.0 Å². The number of aliphatic hydroxyl groups excluding tert-OH is 1. The molecule has 1 aromatic carbocycles. The molecule has 0 saturated heterocycles. The molecule has 2 aromatic rings. The highest BCUT2D eigenvalue weighted by Gasteiger charge is 2.11. The van der Waals surface area contributed by atoms with Gasteiger partial charge < -0.3 is 15.6 Å². The number of aryl methyl sites for hydroxylation is 1. The zero-order chi connectivity index (χ0) is 13.1. The van der Waals surface area contributed by atoms with E-state index in [4.69, 9.17) is 15.6 Å². The SMILES string of the molecule is COc1ccc(-c2csc(C(N)CO)n2)cc1C. The van der Waals surface area contributed by atoms with Crippen LogP contribution in [0.3, 0.4) is 0 Å². The second-order valence-corrected chi connectivity index (χ2v) is 4.93. The van der Waals surface area contributed by atoms with Gasteiger partial charge in [-0.3, -0.25) is 0 Å². The molecule has 0 fully saturated rings. The zero-order valence-corrected chi connectivity index (χ0v) is 11.2. The first-order chi connectivity index (χ1) is 8.65. The average Bonchev–Trinajstić information content (AvgIpc) is 2.87. The van der Waals surface area contributed by atoms with Gasteiger partial charge in [0.2, 0.25) is 0 Å². The molecule has 1 unspecified atom stereocenters. The van der Waals surface area contributed by atoms with E-state index in [1.54, 1.807) is 7.11 Å². The number of ether oxygens (including phenoxy) is 1. The lowest BCUT2D eigenvalue weighted by Crippen LogP contribution is -2.13. The Balaban J connectivity index is 2.31. The van der Waals surface area contributed by atoms with E-state index in [2.05, 4.69) is 4.98 Å². The van der Waals surface area contributed by atoms with Crippen LogP contribution < -0.4 is 10.5 Å². The number of hydrogen-bond donors (Lipinski definition) is 2. The van der Waals surface area contributed by atoms with Crippen molar-refractivity contribution in [2.24, 2.45) is 5.73 Å². The number of nitrogens with zero attached hydrogens (tertiary/aromatic N) is 1. The maximum atomic E-state index is 9.01. The van der Waals surface area contributed by atoms with Crippen molar-refractivity contribution in [1.29, 1.82) is 0 Å². The van der Waals surface area contributed by atoms with Crippen LogP contribution in [0.15, 0.2) is 23.6 Å². The van der Waals surface area contributed by atoms with E-state index in [0.29, 0.717) is 0 Å². The van der Waals surface area contributed by atoms with Gasteiger partial charge in [-0.25, -0.2) is 4.98 Å². The molecule has 0 saturated carbocycles. The molecule has 0 spiro atoms. The Hall–Kier alpha value is -1.43. The quantitative estimate of drug-likeness (QED) is 0.887. The summed E-state index contributed by atoms with van der Waals surface area (Å²) in [5.74, 6) is 0.862. The van der Waals surface area contributed by atoms with Gasteiger partial charge in [0.25, 0.3) is 0 Å². The fourth-order valence-electron chi connectivity index (χ4n) is 1.71. The summed E-state index contributed by atoms with van der Waals surface area (Å²) >= 11 is 1.47. The van der Waals surface area contributed by atoms with Crippen LogP contribution in [0.4, 0.5) is 0 Å². The van der Waals surface area contributed by atoms with Gasteiger partial charge in [-0.05, 0) is 30.7 Å². The second kappa shape index (κ2) is 5.48. The summed E-state index contributed by atoms with van der Waals surface area (Å²) in [6.45, 7) is 1.91. The topological polar surface area (TPSA) is 68.4 Å². The molecule has 0 aliphatic rings. The molecule has 1 atom stereocenters. The summed E-state index contributed by atoms with van der Waals surface area (Å²) < 4.78 is 5.23. The lowest BCUT2D eigenvalue weighted by molar-refractivity contribution is 0.268. The van der Waals surface area contributed by atoms with Gasteiger partial charge in [0.15, 0.2) is 0 Å². The van der Waals surface area contributed by atoms with Crippen molar-refractivity contribution in [2.45, 2.75) is 13.0 Å². The lowest BCUT2D eigenvalue weighted by atomic mass is 10.1. The fraction of sp³-hybridized carbons (Fsp3) is 0.308. The van der Waals surface area contributed by atoms with Gasteiger partial charge in [0, 0.05) is 10.9 Å². The number of benzene rings is 1. The number of aromatic nitrogens is 1. The van der Waals surface area contributed by atoms with E-state index in [1.807, 2.05) is 30.5 Å². The number of thiazole rings is 1. The molecule has 0 aliphatic heterocycles. The Morgan fingerprint density at radius 1 is 1.50 bits per heavy atom. The Morgan fingerprint density at radius 2 is 2.28 bits per heavy atom. The van der Waals surface area contributed by atoms with Crippen LogP contribution in [0, 0.1) is 6.92 Å². The van der Waals surface area contributed by atoms with Crippen LogP contribution in [0.2, 0.25) is 0 Å². The summed E-state index contributed by atoms with van der Waals surface area (Å²) in [6.07, 6.45) is 0. The first-order valence-corrected chi connectivity index (χ1v) is 6.50. The summed E-state index contributed by atoms with van der Waals surface area (Å²) in [4.78, 5) is 4.44. The maximum absolute atomic E-state index is 9.01. The van der Waals surface area contributed by atoms with Gasteiger partial charge in [-0.2, -0.15) is 0 Å². The molecule has 4 nitrogen and oxygen atoms in total. The van der Waals surface area contributed by atoms with Crippen LogP contribution in [0.5, 0.6) is 5.75 Å².